The lowest BCUT2D eigenvalue weighted by atomic mass is 10.2. The van der Waals surface area contributed by atoms with Gasteiger partial charge in [0.1, 0.15) is 0 Å². The maximum atomic E-state index is 12.6. The predicted octanol–water partition coefficient (Wildman–Crippen LogP) is 4.27. The van der Waals surface area contributed by atoms with E-state index in [1.165, 1.54) is 0 Å². The standard InChI is InChI=1S/C15H13F3N4S/c1-10-6-7-22(21-10)12-5-3-2-4-11(12)8-19-14-20-13(9-23-14)15(16,17)18/h2-7,9H,8H2,1H3,(H,19,20). The summed E-state index contributed by atoms with van der Waals surface area (Å²) in [4.78, 5) is 3.56. The minimum atomic E-state index is -4.42. The van der Waals surface area contributed by atoms with E-state index in [9.17, 15) is 13.2 Å². The molecule has 1 aromatic carbocycles. The van der Waals surface area contributed by atoms with Gasteiger partial charge in [0.15, 0.2) is 10.8 Å². The van der Waals surface area contributed by atoms with Crippen LogP contribution in [-0.2, 0) is 12.7 Å². The number of hydrogen-bond donors (Lipinski definition) is 1. The molecule has 0 radical (unpaired) electrons. The van der Waals surface area contributed by atoms with Crippen LogP contribution in [-0.4, -0.2) is 14.8 Å². The van der Waals surface area contributed by atoms with Gasteiger partial charge in [0.05, 0.1) is 11.4 Å². The second-order valence-corrected chi connectivity index (χ2v) is 5.78. The van der Waals surface area contributed by atoms with Crippen molar-refractivity contribution >= 4 is 16.5 Å². The van der Waals surface area contributed by atoms with E-state index in [4.69, 9.17) is 0 Å². The predicted molar refractivity (Wildman–Crippen MR) is 82.7 cm³/mol. The number of rotatable bonds is 4. The lowest BCUT2D eigenvalue weighted by Crippen LogP contribution is -2.07. The molecule has 0 saturated heterocycles. The Hall–Kier alpha value is -2.35. The molecular formula is C15H13F3N4S. The van der Waals surface area contributed by atoms with Crippen molar-refractivity contribution in [2.75, 3.05) is 5.32 Å². The molecule has 2 heterocycles. The van der Waals surface area contributed by atoms with Crippen LogP contribution in [0.1, 0.15) is 17.0 Å². The fraction of sp³-hybridized carbons (Fsp3) is 0.200. The summed E-state index contributed by atoms with van der Waals surface area (Å²) in [5, 5.41) is 8.54. The molecule has 0 aliphatic carbocycles. The smallest absolute Gasteiger partial charge is 0.357 e. The molecule has 0 unspecified atom stereocenters. The maximum Gasteiger partial charge on any atom is 0.434 e. The van der Waals surface area contributed by atoms with Crippen LogP contribution >= 0.6 is 11.3 Å². The number of aromatic nitrogens is 3. The van der Waals surface area contributed by atoms with E-state index in [0.717, 1.165) is 33.7 Å². The number of nitrogens with zero attached hydrogens (tertiary/aromatic N) is 3. The van der Waals surface area contributed by atoms with Gasteiger partial charge in [0.25, 0.3) is 0 Å². The van der Waals surface area contributed by atoms with Crippen molar-refractivity contribution < 1.29 is 13.2 Å². The van der Waals surface area contributed by atoms with Crippen molar-refractivity contribution in [1.82, 2.24) is 14.8 Å². The Morgan fingerprint density at radius 1 is 1.22 bits per heavy atom. The minimum Gasteiger partial charge on any atom is -0.357 e. The summed E-state index contributed by atoms with van der Waals surface area (Å²) in [5.41, 5.74) is 1.81. The minimum absolute atomic E-state index is 0.240. The second-order valence-electron chi connectivity index (χ2n) is 4.92. The zero-order chi connectivity index (χ0) is 16.4. The Morgan fingerprint density at radius 2 is 2.00 bits per heavy atom. The number of benzene rings is 1. The lowest BCUT2D eigenvalue weighted by Gasteiger charge is -2.10. The number of alkyl halides is 3. The Kier molecular flexibility index (Phi) is 4.08. The Bertz CT molecular complexity index is 807. The number of thiazole rings is 1. The van der Waals surface area contributed by atoms with Crippen molar-refractivity contribution in [1.29, 1.82) is 0 Å². The maximum absolute atomic E-state index is 12.6. The highest BCUT2D eigenvalue weighted by Gasteiger charge is 2.33. The van der Waals surface area contributed by atoms with Crippen LogP contribution in [0.2, 0.25) is 0 Å². The van der Waals surface area contributed by atoms with Gasteiger partial charge in [0, 0.05) is 18.1 Å². The summed E-state index contributed by atoms with van der Waals surface area (Å²) in [7, 11) is 0. The fourth-order valence-corrected chi connectivity index (χ4v) is 2.81. The largest absolute Gasteiger partial charge is 0.434 e. The molecule has 0 spiro atoms. The van der Waals surface area contributed by atoms with Crippen molar-refractivity contribution in [3.63, 3.8) is 0 Å². The first-order chi connectivity index (χ1) is 10.9. The molecule has 1 N–H and O–H groups in total. The third kappa shape index (κ3) is 3.53. The van der Waals surface area contributed by atoms with E-state index in [1.807, 2.05) is 43.5 Å². The SMILES string of the molecule is Cc1ccn(-c2ccccc2CNc2nc(C(F)(F)F)cs2)n1. The van der Waals surface area contributed by atoms with Crippen LogP contribution in [0.5, 0.6) is 0 Å². The Morgan fingerprint density at radius 3 is 2.65 bits per heavy atom. The molecule has 0 saturated carbocycles. The van der Waals surface area contributed by atoms with Gasteiger partial charge in [-0.05, 0) is 24.6 Å². The molecule has 0 fully saturated rings. The van der Waals surface area contributed by atoms with Crippen LogP contribution in [0.3, 0.4) is 0 Å². The molecule has 0 aliphatic heterocycles. The number of aryl methyl sites for hydroxylation is 1. The molecular weight excluding hydrogens is 325 g/mol. The highest BCUT2D eigenvalue weighted by Crippen LogP contribution is 2.31. The van der Waals surface area contributed by atoms with Crippen LogP contribution in [0.15, 0.2) is 41.9 Å². The molecule has 4 nitrogen and oxygen atoms in total. The average Bonchev–Trinajstić information content (AvgIpc) is 3.14. The van der Waals surface area contributed by atoms with Gasteiger partial charge in [-0.15, -0.1) is 11.3 Å². The summed E-state index contributed by atoms with van der Waals surface area (Å²) >= 11 is 0.937. The third-order valence-corrected chi connectivity index (χ3v) is 3.99. The first-order valence-electron chi connectivity index (χ1n) is 6.80. The molecule has 3 aromatic rings. The number of hydrogen-bond acceptors (Lipinski definition) is 4. The zero-order valence-corrected chi connectivity index (χ0v) is 12.9. The van der Waals surface area contributed by atoms with E-state index in [1.54, 1.807) is 4.68 Å². The van der Waals surface area contributed by atoms with Crippen molar-refractivity contribution in [2.24, 2.45) is 0 Å². The van der Waals surface area contributed by atoms with Crippen LogP contribution in [0, 0.1) is 6.92 Å². The van der Waals surface area contributed by atoms with Gasteiger partial charge < -0.3 is 5.32 Å². The monoisotopic (exact) mass is 338 g/mol. The molecule has 0 atom stereocenters. The molecule has 120 valence electrons. The first-order valence-corrected chi connectivity index (χ1v) is 7.68. The molecule has 0 aliphatic rings. The number of halogens is 3. The van der Waals surface area contributed by atoms with Gasteiger partial charge in [-0.25, -0.2) is 9.67 Å². The summed E-state index contributed by atoms with van der Waals surface area (Å²) < 4.78 is 39.4. The van der Waals surface area contributed by atoms with Crippen LogP contribution < -0.4 is 5.32 Å². The third-order valence-electron chi connectivity index (χ3n) is 3.19. The molecule has 23 heavy (non-hydrogen) atoms. The topological polar surface area (TPSA) is 42.7 Å². The molecule has 3 rings (SSSR count). The highest BCUT2D eigenvalue weighted by atomic mass is 32.1. The second kappa shape index (κ2) is 6.04. The van der Waals surface area contributed by atoms with Crippen LogP contribution in [0.4, 0.5) is 18.3 Å². The molecule has 0 bridgehead atoms. The molecule has 0 amide bonds. The number of nitrogens with one attached hydrogen (secondary N) is 1. The first kappa shape index (κ1) is 15.5. The van der Waals surface area contributed by atoms with Gasteiger partial charge in [-0.3, -0.25) is 0 Å². The average molecular weight is 338 g/mol. The summed E-state index contributed by atoms with van der Waals surface area (Å²) in [6.07, 6.45) is -2.57. The number of para-hydroxylation sites is 1. The summed E-state index contributed by atoms with van der Waals surface area (Å²) in [5.74, 6) is 0. The Labute approximate surface area is 134 Å². The van der Waals surface area contributed by atoms with Crippen LogP contribution in [0.25, 0.3) is 5.69 Å². The molecule has 2 aromatic heterocycles. The van der Waals surface area contributed by atoms with E-state index in [-0.39, 0.29) is 5.13 Å². The van der Waals surface area contributed by atoms with Gasteiger partial charge in [-0.2, -0.15) is 18.3 Å². The van der Waals surface area contributed by atoms with Gasteiger partial charge >= 0.3 is 6.18 Å². The van der Waals surface area contributed by atoms with Gasteiger partial charge in [0.2, 0.25) is 0 Å². The zero-order valence-electron chi connectivity index (χ0n) is 12.1. The van der Waals surface area contributed by atoms with E-state index >= 15 is 0 Å². The summed E-state index contributed by atoms with van der Waals surface area (Å²) in [6.45, 7) is 2.26. The van der Waals surface area contributed by atoms with Crippen molar-refractivity contribution in [3.05, 3.63) is 58.9 Å². The lowest BCUT2D eigenvalue weighted by molar-refractivity contribution is -0.140. The fourth-order valence-electron chi connectivity index (χ4n) is 2.09. The Balaban J connectivity index is 1.78. The molecule has 8 heteroatoms. The normalized spacial score (nSPS) is 11.7. The van der Waals surface area contributed by atoms with E-state index < -0.39 is 11.9 Å². The number of anilines is 1. The van der Waals surface area contributed by atoms with Crippen molar-refractivity contribution in [2.45, 2.75) is 19.6 Å². The van der Waals surface area contributed by atoms with Gasteiger partial charge in [-0.1, -0.05) is 18.2 Å². The summed E-state index contributed by atoms with van der Waals surface area (Å²) in [6, 6.07) is 9.46. The highest BCUT2D eigenvalue weighted by molar-refractivity contribution is 7.13. The van der Waals surface area contributed by atoms with Crippen molar-refractivity contribution in [3.8, 4) is 5.69 Å². The van der Waals surface area contributed by atoms with E-state index in [2.05, 4.69) is 15.4 Å². The quantitative estimate of drug-likeness (QED) is 0.772. The van der Waals surface area contributed by atoms with E-state index in [0.29, 0.717) is 6.54 Å².